The second-order valence-corrected chi connectivity index (χ2v) is 7.64. The molecule has 0 aliphatic carbocycles. The van der Waals surface area contributed by atoms with Gasteiger partial charge in [0.1, 0.15) is 17.8 Å². The Morgan fingerprint density at radius 2 is 1.88 bits per heavy atom. The van der Waals surface area contributed by atoms with Crippen molar-refractivity contribution in [2.24, 2.45) is 0 Å². The minimum absolute atomic E-state index is 0.111. The number of carbonyl (C=O) groups is 3. The zero-order valence-electron chi connectivity index (χ0n) is 18.4. The van der Waals surface area contributed by atoms with Crippen molar-refractivity contribution in [1.29, 1.82) is 5.26 Å². The fraction of sp³-hybridized carbons (Fsp3) is 0.333. The number of ether oxygens (including phenoxy) is 1. The lowest BCUT2D eigenvalue weighted by atomic mass is 9.88. The van der Waals surface area contributed by atoms with E-state index < -0.39 is 29.9 Å². The van der Waals surface area contributed by atoms with Gasteiger partial charge in [0, 0.05) is 12.2 Å². The van der Waals surface area contributed by atoms with Crippen LogP contribution in [0.25, 0.3) is 0 Å². The Bertz CT molecular complexity index is 1060. The number of nitriles is 1. The summed E-state index contributed by atoms with van der Waals surface area (Å²) >= 11 is 0. The Labute approximate surface area is 187 Å². The molecule has 2 aromatic carbocycles. The number of carbonyl (C=O) groups excluding carboxylic acids is 3. The summed E-state index contributed by atoms with van der Waals surface area (Å²) in [5.74, 6) is -0.286. The Hall–Kier alpha value is -3.86. The number of benzene rings is 2. The summed E-state index contributed by atoms with van der Waals surface area (Å²) in [6, 6.07) is 15.6. The topological polar surface area (TPSA) is 103 Å². The van der Waals surface area contributed by atoms with Crippen LogP contribution in [0.1, 0.15) is 31.4 Å². The van der Waals surface area contributed by atoms with E-state index in [1.165, 1.54) is 4.90 Å². The molecule has 0 radical (unpaired) electrons. The first kappa shape index (κ1) is 22.8. The molecule has 2 aromatic rings. The molecule has 1 atom stereocenters. The lowest BCUT2D eigenvalue weighted by Gasteiger charge is -2.26. The number of hydrogen-bond acceptors (Lipinski definition) is 5. The van der Waals surface area contributed by atoms with Gasteiger partial charge in [0.05, 0.1) is 19.1 Å². The van der Waals surface area contributed by atoms with Crippen molar-refractivity contribution in [3.8, 4) is 11.8 Å². The zero-order chi connectivity index (χ0) is 23.3. The van der Waals surface area contributed by atoms with Crippen LogP contribution in [0.3, 0.4) is 0 Å². The van der Waals surface area contributed by atoms with Crippen LogP contribution < -0.4 is 15.0 Å². The summed E-state index contributed by atoms with van der Waals surface area (Å²) in [5.41, 5.74) is 0.852. The highest BCUT2D eigenvalue weighted by Crippen LogP contribution is 2.31. The minimum Gasteiger partial charge on any atom is -0.494 e. The highest BCUT2D eigenvalue weighted by atomic mass is 16.5. The second-order valence-electron chi connectivity index (χ2n) is 7.64. The predicted molar refractivity (Wildman–Crippen MR) is 119 cm³/mol. The number of hydrogen-bond donors (Lipinski definition) is 1. The van der Waals surface area contributed by atoms with Gasteiger partial charge < -0.3 is 15.0 Å². The maximum atomic E-state index is 13.2. The largest absolute Gasteiger partial charge is 0.494 e. The van der Waals surface area contributed by atoms with Gasteiger partial charge in [0.25, 0.3) is 5.91 Å². The molecule has 1 fully saturated rings. The number of anilines is 1. The average molecular weight is 434 g/mol. The molecule has 1 heterocycles. The summed E-state index contributed by atoms with van der Waals surface area (Å²) in [5, 5.41) is 11.7. The Kier molecular flexibility index (Phi) is 6.79. The first-order valence-corrected chi connectivity index (χ1v) is 10.4. The van der Waals surface area contributed by atoms with Gasteiger partial charge in [-0.1, -0.05) is 24.3 Å². The molecule has 166 valence electrons. The van der Waals surface area contributed by atoms with Gasteiger partial charge in [0.15, 0.2) is 0 Å². The third-order valence-corrected chi connectivity index (χ3v) is 5.46. The first-order valence-electron chi connectivity index (χ1n) is 10.4. The zero-order valence-corrected chi connectivity index (χ0v) is 18.4. The van der Waals surface area contributed by atoms with Crippen molar-refractivity contribution in [3.63, 3.8) is 0 Å². The van der Waals surface area contributed by atoms with E-state index in [-0.39, 0.29) is 13.0 Å². The molecule has 1 aliphatic rings. The van der Waals surface area contributed by atoms with Crippen LogP contribution in [0.2, 0.25) is 0 Å². The molecule has 1 saturated heterocycles. The predicted octanol–water partition coefficient (Wildman–Crippen LogP) is 3.11. The summed E-state index contributed by atoms with van der Waals surface area (Å²) in [4.78, 5) is 41.4. The van der Waals surface area contributed by atoms with Crippen LogP contribution in [0.15, 0.2) is 48.5 Å². The van der Waals surface area contributed by atoms with Crippen LogP contribution >= 0.6 is 0 Å². The summed E-state index contributed by atoms with van der Waals surface area (Å²) < 4.78 is 5.43. The Morgan fingerprint density at radius 3 is 2.50 bits per heavy atom. The highest BCUT2D eigenvalue weighted by Gasteiger charge is 2.50. The van der Waals surface area contributed by atoms with Gasteiger partial charge in [-0.15, -0.1) is 0 Å². The highest BCUT2D eigenvalue weighted by molar-refractivity contribution is 6.10. The van der Waals surface area contributed by atoms with Gasteiger partial charge >= 0.3 is 6.03 Å². The Morgan fingerprint density at radius 1 is 1.19 bits per heavy atom. The number of aryl methyl sites for hydroxylation is 1. The molecule has 32 heavy (non-hydrogen) atoms. The van der Waals surface area contributed by atoms with Gasteiger partial charge in [-0.25, -0.2) is 4.79 Å². The molecule has 1 N–H and O–H groups in total. The first-order chi connectivity index (χ1) is 15.3. The molecule has 0 bridgehead atoms. The SMILES string of the molecule is CCOc1ccc(N(CCC#N)C(=O)CN2C(=O)NC(C)(c3ccccc3C)C2=O)cc1. The normalized spacial score (nSPS) is 17.6. The molecular formula is C24H26N4O4. The number of nitrogens with one attached hydrogen (secondary N) is 1. The van der Waals surface area contributed by atoms with Crippen molar-refractivity contribution < 1.29 is 19.1 Å². The maximum absolute atomic E-state index is 13.2. The van der Waals surface area contributed by atoms with Crippen molar-refractivity contribution in [3.05, 3.63) is 59.7 Å². The number of imide groups is 1. The van der Waals surface area contributed by atoms with Gasteiger partial charge in [-0.2, -0.15) is 5.26 Å². The monoisotopic (exact) mass is 434 g/mol. The lowest BCUT2D eigenvalue weighted by molar-refractivity contribution is -0.134. The number of nitrogens with zero attached hydrogens (tertiary/aromatic N) is 3. The third-order valence-electron chi connectivity index (χ3n) is 5.46. The number of amides is 4. The minimum atomic E-state index is -1.25. The standard InChI is InChI=1S/C24H26N4O4/c1-4-32-19-12-10-18(11-13-19)27(15-7-14-25)21(29)16-28-22(30)24(3,26-23(28)31)20-9-6-5-8-17(20)2/h5-6,8-13H,4,7,15-16H2,1-3H3,(H,26,31). The van der Waals surface area contributed by atoms with E-state index in [2.05, 4.69) is 5.32 Å². The summed E-state index contributed by atoms with van der Waals surface area (Å²) in [6.45, 7) is 5.61. The molecule has 0 aromatic heterocycles. The van der Waals surface area contributed by atoms with Crippen molar-refractivity contribution in [2.45, 2.75) is 32.7 Å². The van der Waals surface area contributed by atoms with Crippen LogP contribution in [0, 0.1) is 18.3 Å². The summed E-state index contributed by atoms with van der Waals surface area (Å²) in [6.07, 6.45) is 0.111. The number of urea groups is 1. The van der Waals surface area contributed by atoms with Gasteiger partial charge in [-0.05, 0) is 56.2 Å². The lowest BCUT2D eigenvalue weighted by Crippen LogP contribution is -2.45. The average Bonchev–Trinajstić information content (AvgIpc) is 2.99. The molecule has 0 saturated carbocycles. The van der Waals surface area contributed by atoms with E-state index in [0.29, 0.717) is 23.6 Å². The molecule has 4 amide bonds. The molecule has 8 nitrogen and oxygen atoms in total. The maximum Gasteiger partial charge on any atom is 0.325 e. The molecule has 3 rings (SSSR count). The molecule has 1 aliphatic heterocycles. The Balaban J connectivity index is 1.82. The van der Waals surface area contributed by atoms with E-state index in [0.717, 1.165) is 10.5 Å². The fourth-order valence-electron chi connectivity index (χ4n) is 3.83. The molecular weight excluding hydrogens is 408 g/mol. The van der Waals surface area contributed by atoms with Crippen LogP contribution in [0.5, 0.6) is 5.75 Å². The van der Waals surface area contributed by atoms with E-state index in [9.17, 15) is 14.4 Å². The van der Waals surface area contributed by atoms with Crippen LogP contribution in [-0.2, 0) is 15.1 Å². The van der Waals surface area contributed by atoms with Crippen LogP contribution in [0.4, 0.5) is 10.5 Å². The van der Waals surface area contributed by atoms with E-state index >= 15 is 0 Å². The van der Waals surface area contributed by atoms with Crippen molar-refractivity contribution in [1.82, 2.24) is 10.2 Å². The molecule has 8 heteroatoms. The van der Waals surface area contributed by atoms with Gasteiger partial charge in [-0.3, -0.25) is 14.5 Å². The van der Waals surface area contributed by atoms with Crippen molar-refractivity contribution in [2.75, 3.05) is 24.6 Å². The van der Waals surface area contributed by atoms with E-state index in [1.54, 1.807) is 43.3 Å². The smallest absolute Gasteiger partial charge is 0.325 e. The van der Waals surface area contributed by atoms with E-state index in [1.807, 2.05) is 32.0 Å². The number of rotatable bonds is 8. The van der Waals surface area contributed by atoms with E-state index in [4.69, 9.17) is 10.00 Å². The third kappa shape index (κ3) is 4.42. The quantitative estimate of drug-likeness (QED) is 0.643. The van der Waals surface area contributed by atoms with Crippen molar-refractivity contribution >= 4 is 23.5 Å². The molecule has 0 spiro atoms. The summed E-state index contributed by atoms with van der Waals surface area (Å²) in [7, 11) is 0. The van der Waals surface area contributed by atoms with Gasteiger partial charge in [0.2, 0.25) is 5.91 Å². The second kappa shape index (κ2) is 9.52. The van der Waals surface area contributed by atoms with Crippen LogP contribution in [-0.4, -0.2) is 42.4 Å². The fourth-order valence-corrected chi connectivity index (χ4v) is 3.83. The molecule has 1 unspecified atom stereocenters.